The Morgan fingerprint density at radius 1 is 1.12 bits per heavy atom. The molecule has 0 radical (unpaired) electrons. The average Bonchev–Trinajstić information content (AvgIpc) is 3.56. The van der Waals surface area contributed by atoms with Crippen molar-refractivity contribution in [1.82, 2.24) is 10.6 Å². The third-order valence-corrected chi connectivity index (χ3v) is 14.1. The zero-order valence-corrected chi connectivity index (χ0v) is 36.2. The summed E-state index contributed by atoms with van der Waals surface area (Å²) in [5.41, 5.74) is 4.07. The molecule has 10 nitrogen and oxygen atoms in total. The Morgan fingerprint density at radius 2 is 1.90 bits per heavy atom. The second-order valence-electron chi connectivity index (χ2n) is 18.0. The minimum Gasteiger partial charge on any atom is -0.396 e. The van der Waals surface area contributed by atoms with Crippen LogP contribution in [0.1, 0.15) is 76.8 Å². The Hall–Kier alpha value is -3.03. The molecule has 59 heavy (non-hydrogen) atoms. The lowest BCUT2D eigenvalue weighted by Crippen LogP contribution is -2.65. The first kappa shape index (κ1) is 47.0. The van der Waals surface area contributed by atoms with Crippen molar-refractivity contribution in [2.24, 2.45) is 35.0 Å². The first-order chi connectivity index (χ1) is 28.3. The second kappa shape index (κ2) is 21.2. The van der Waals surface area contributed by atoms with Crippen LogP contribution < -0.4 is 10.6 Å². The highest BCUT2D eigenvalue weighted by Crippen LogP contribution is 2.67. The van der Waals surface area contributed by atoms with Crippen LogP contribution in [0.25, 0.3) is 0 Å². The minimum atomic E-state index is -1.24. The van der Waals surface area contributed by atoms with Gasteiger partial charge in [-0.15, -0.1) is 0 Å². The second-order valence-corrected chi connectivity index (χ2v) is 18.0. The highest BCUT2D eigenvalue weighted by molar-refractivity contribution is 5.74. The van der Waals surface area contributed by atoms with E-state index in [9.17, 15) is 30.3 Å². The quantitative estimate of drug-likeness (QED) is 0.0362. The molecular weight excluding hydrogens is 745 g/mol. The van der Waals surface area contributed by atoms with E-state index in [-0.39, 0.29) is 61.6 Å². The number of aliphatic hydroxyl groups excluding tert-OH is 4. The predicted molar refractivity (Wildman–Crippen MR) is 233 cm³/mol. The Morgan fingerprint density at radius 3 is 2.61 bits per heavy atom. The number of methoxy groups -OCH3 is 1. The molecule has 1 aromatic rings. The van der Waals surface area contributed by atoms with Gasteiger partial charge in [-0.3, -0.25) is 10.1 Å². The number of aldehydes is 1. The van der Waals surface area contributed by atoms with Crippen LogP contribution in [0.4, 0.5) is 0 Å². The van der Waals surface area contributed by atoms with E-state index in [1.807, 2.05) is 39.1 Å². The number of allylic oxidation sites excluding steroid dienone is 9. The SMILES string of the molecule is C=C(/C=C/C=C(/COCCO)[C@@H]1CC[C@]2([C@@H]1O)[C@@H]1C(=C(C)C=O)[C@@H](C=C[C@H]1CCO)C[C@]2(O)CCNC)[C@H]1C/C=C(\C)[C@@H](O)N[C@@](C)(CCOC)Cc2cccc(c2)C1. The van der Waals surface area contributed by atoms with Crippen LogP contribution in [0.3, 0.4) is 0 Å². The van der Waals surface area contributed by atoms with E-state index in [4.69, 9.17) is 9.47 Å². The van der Waals surface area contributed by atoms with Gasteiger partial charge < -0.3 is 40.3 Å². The molecule has 0 saturated heterocycles. The van der Waals surface area contributed by atoms with Gasteiger partial charge in [-0.1, -0.05) is 78.4 Å². The Kier molecular flexibility index (Phi) is 16.9. The maximum Gasteiger partial charge on any atom is 0.145 e. The van der Waals surface area contributed by atoms with Crippen molar-refractivity contribution in [2.75, 3.05) is 53.7 Å². The lowest BCUT2D eigenvalue weighted by atomic mass is 9.45. The van der Waals surface area contributed by atoms with Gasteiger partial charge in [0.25, 0.3) is 0 Å². The van der Waals surface area contributed by atoms with Crippen LogP contribution in [0, 0.1) is 35.0 Å². The topological polar surface area (TPSA) is 161 Å². The van der Waals surface area contributed by atoms with E-state index in [0.29, 0.717) is 57.2 Å². The smallest absolute Gasteiger partial charge is 0.145 e. The minimum absolute atomic E-state index is 0.0451. The fraction of sp³-hybridized carbons (Fsp3) is 0.612. The summed E-state index contributed by atoms with van der Waals surface area (Å²) in [7, 11) is 3.56. The maximum atomic E-state index is 12.9. The van der Waals surface area contributed by atoms with Gasteiger partial charge >= 0.3 is 0 Å². The van der Waals surface area contributed by atoms with Crippen LogP contribution in [-0.4, -0.2) is 109 Å². The van der Waals surface area contributed by atoms with Crippen LogP contribution >= 0.6 is 0 Å². The molecule has 2 fully saturated rings. The van der Waals surface area contributed by atoms with Crippen LogP contribution in [0.5, 0.6) is 0 Å². The van der Waals surface area contributed by atoms with Gasteiger partial charge in [0.05, 0.1) is 31.5 Å². The first-order valence-electron chi connectivity index (χ1n) is 21.7. The van der Waals surface area contributed by atoms with E-state index >= 15 is 0 Å². The molecule has 3 aliphatic carbocycles. The van der Waals surface area contributed by atoms with Crippen molar-refractivity contribution >= 4 is 6.29 Å². The van der Waals surface area contributed by atoms with Crippen molar-refractivity contribution in [2.45, 2.75) is 102 Å². The highest BCUT2D eigenvalue weighted by Gasteiger charge is 2.68. The summed E-state index contributed by atoms with van der Waals surface area (Å²) in [6.07, 6.45) is 16.8. The molecule has 0 aromatic heterocycles. The number of nitrogens with one attached hydrogen (secondary N) is 2. The molecule has 4 aliphatic rings. The zero-order chi connectivity index (χ0) is 42.8. The summed E-state index contributed by atoms with van der Waals surface area (Å²) in [4.78, 5) is 12.4. The molecule has 10 heteroatoms. The molecule has 0 unspecified atom stereocenters. The summed E-state index contributed by atoms with van der Waals surface area (Å²) in [5.74, 6) is -0.922. The predicted octanol–water partition coefficient (Wildman–Crippen LogP) is 5.31. The summed E-state index contributed by atoms with van der Waals surface area (Å²) in [5, 5.41) is 63.5. The molecule has 5 rings (SSSR count). The normalized spacial score (nSPS) is 35.6. The van der Waals surface area contributed by atoms with Gasteiger partial charge in [0.1, 0.15) is 12.5 Å². The van der Waals surface area contributed by atoms with Gasteiger partial charge in [0.2, 0.25) is 0 Å². The number of hydrogen-bond donors (Lipinski definition) is 7. The van der Waals surface area contributed by atoms with Crippen molar-refractivity contribution in [3.8, 4) is 0 Å². The lowest BCUT2D eigenvalue weighted by molar-refractivity contribution is -0.194. The van der Waals surface area contributed by atoms with Gasteiger partial charge in [-0.2, -0.15) is 0 Å². The van der Waals surface area contributed by atoms with Gasteiger partial charge in [-0.05, 0) is 138 Å². The van der Waals surface area contributed by atoms with Gasteiger partial charge in [-0.25, -0.2) is 0 Å². The Balaban J connectivity index is 1.48. The Bertz CT molecular complexity index is 1750. The number of hydrogen-bond acceptors (Lipinski definition) is 10. The monoisotopic (exact) mass is 817 g/mol. The molecule has 326 valence electrons. The number of benzene rings is 1. The van der Waals surface area contributed by atoms with Crippen LogP contribution in [-0.2, 0) is 27.1 Å². The molecule has 1 heterocycles. The standard InChI is InChI=1S/C49H72N2O8/c1-33(39-14-13-34(2)46(56)51-47(4,21-25-58-6)29-37-11-8-10-36(27-37)28-39)9-7-12-41(32-59-26-24-53)42-17-19-49(45(42)55)44-38(18-23-52)15-16-40(43(44)35(3)31-54)30-48(49,57)20-22-50-5/h7-13,15-16,27,31,38-40,42,44-46,50-53,55-57H,1,14,17-26,28-30,32H2,2-6H3/b9-7+,34-13+,41-12-,43-35?/t38-,39-,40-,42-,44-,45+,46+,47-,48+,49+/m0/s1. The number of fused-ring (bicyclic) bond motifs is 5. The number of carbonyl (C=O) groups is 1. The number of rotatable bonds is 17. The van der Waals surface area contributed by atoms with Gasteiger partial charge in [0, 0.05) is 43.1 Å². The first-order valence-corrected chi connectivity index (χ1v) is 21.7. The fourth-order valence-corrected chi connectivity index (χ4v) is 11.0. The molecule has 2 saturated carbocycles. The van der Waals surface area contributed by atoms with Crippen LogP contribution in [0.15, 0.2) is 95.2 Å². The van der Waals surface area contributed by atoms with Gasteiger partial charge in [0.15, 0.2) is 0 Å². The third-order valence-electron chi connectivity index (χ3n) is 14.1. The summed E-state index contributed by atoms with van der Waals surface area (Å²) in [6, 6.07) is 8.65. The number of aliphatic hydroxyl groups is 5. The van der Waals surface area contributed by atoms with Crippen molar-refractivity contribution in [1.29, 1.82) is 0 Å². The lowest BCUT2D eigenvalue weighted by Gasteiger charge is -2.61. The average molecular weight is 817 g/mol. The molecule has 1 spiro atoms. The third kappa shape index (κ3) is 10.5. The molecular formula is C49H72N2O8. The summed E-state index contributed by atoms with van der Waals surface area (Å²) < 4.78 is 11.4. The Labute approximate surface area is 352 Å². The molecule has 4 bridgehead atoms. The molecule has 1 aromatic carbocycles. The molecule has 10 atom stereocenters. The molecule has 7 N–H and O–H groups in total. The zero-order valence-electron chi connectivity index (χ0n) is 36.2. The highest BCUT2D eigenvalue weighted by atomic mass is 16.5. The summed E-state index contributed by atoms with van der Waals surface area (Å²) in [6.45, 7) is 11.8. The van der Waals surface area contributed by atoms with Crippen molar-refractivity contribution < 1.29 is 39.8 Å². The van der Waals surface area contributed by atoms with Crippen molar-refractivity contribution in [3.05, 3.63) is 106 Å². The number of ether oxygens (including phenoxy) is 2. The van der Waals surface area contributed by atoms with E-state index in [1.54, 1.807) is 7.11 Å². The van der Waals surface area contributed by atoms with Crippen molar-refractivity contribution in [3.63, 3.8) is 0 Å². The molecule has 1 aliphatic heterocycles. The summed E-state index contributed by atoms with van der Waals surface area (Å²) >= 11 is 0. The maximum absolute atomic E-state index is 12.9. The fourth-order valence-electron chi connectivity index (χ4n) is 11.0. The van der Waals surface area contributed by atoms with Crippen LogP contribution in [0.2, 0.25) is 0 Å². The largest absolute Gasteiger partial charge is 0.396 e. The van der Waals surface area contributed by atoms with E-state index in [0.717, 1.165) is 47.8 Å². The van der Waals surface area contributed by atoms with E-state index in [2.05, 4.69) is 66.6 Å². The number of carbonyl (C=O) groups excluding carboxylic acids is 1. The van der Waals surface area contributed by atoms with E-state index < -0.39 is 23.3 Å². The molecule has 0 amide bonds. The van der Waals surface area contributed by atoms with E-state index in [1.165, 1.54) is 11.1 Å².